The molecule has 2 saturated heterocycles. The monoisotopic (exact) mass is 676 g/mol. The zero-order valence-electron chi connectivity index (χ0n) is 24.9. The molecule has 1 unspecified atom stereocenters. The number of carbonyl (C=O) groups excluding carboxylic acids is 4. The van der Waals surface area contributed by atoms with E-state index >= 15 is 4.39 Å². The fraction of sp³-hybridized carbons (Fsp3) is 0.200. The number of hydrogen-bond donors (Lipinski definition) is 4. The lowest BCUT2D eigenvalue weighted by Crippen LogP contribution is -2.44. The smallest absolute Gasteiger partial charge is 0.329 e. The van der Waals surface area contributed by atoms with Crippen molar-refractivity contribution in [3.05, 3.63) is 71.2 Å². The number of carbonyl (C=O) groups is 4. The predicted octanol–water partition coefficient (Wildman–Crippen LogP) is 0.999. The SMILES string of the molecule is Cn1c(=O)n(C2CCC(=O)NC2=O)c2ccc(-c3cnn(CC(=O)Nc4ccc5c(F)c(N6CC(=O)NS6(=O)=O)c(O)cc5c4)c3)cc21. The molecule has 0 aliphatic carbocycles. The summed E-state index contributed by atoms with van der Waals surface area (Å²) in [6.45, 7) is -0.884. The molecule has 1 atom stereocenters. The number of halogens is 1. The summed E-state index contributed by atoms with van der Waals surface area (Å²) in [5, 5.41) is 19.8. The van der Waals surface area contributed by atoms with E-state index in [9.17, 15) is 37.5 Å². The Kier molecular flexibility index (Phi) is 7.04. The third kappa shape index (κ3) is 5.11. The molecule has 7 rings (SSSR count). The first-order valence-electron chi connectivity index (χ1n) is 14.5. The fourth-order valence-electron chi connectivity index (χ4n) is 6.02. The molecule has 2 aliphatic rings. The lowest BCUT2D eigenvalue weighted by Gasteiger charge is -2.21. The Morgan fingerprint density at radius 2 is 1.85 bits per heavy atom. The van der Waals surface area contributed by atoms with Crippen LogP contribution in [0.15, 0.2) is 59.7 Å². The number of anilines is 2. The Morgan fingerprint density at radius 1 is 1.06 bits per heavy atom. The lowest BCUT2D eigenvalue weighted by atomic mass is 10.1. The number of benzene rings is 3. The van der Waals surface area contributed by atoms with E-state index in [1.165, 1.54) is 32.0 Å². The molecule has 0 spiro atoms. The quantitative estimate of drug-likeness (QED) is 0.189. The zero-order chi connectivity index (χ0) is 34.1. The molecular formula is C30H25FN8O8S. The number of aromatic hydroxyl groups is 1. The number of nitrogens with zero attached hydrogens (tertiary/aromatic N) is 5. The van der Waals surface area contributed by atoms with Crippen LogP contribution in [0.4, 0.5) is 15.8 Å². The van der Waals surface area contributed by atoms with Gasteiger partial charge in [0.1, 0.15) is 30.6 Å². The first-order valence-corrected chi connectivity index (χ1v) is 15.9. The normalized spacial score (nSPS) is 17.6. The molecular weight excluding hydrogens is 651 g/mol. The van der Waals surface area contributed by atoms with Gasteiger partial charge in [-0.2, -0.15) is 13.5 Å². The average Bonchev–Trinajstić information content (AvgIpc) is 3.66. The molecule has 18 heteroatoms. The average molecular weight is 677 g/mol. The standard InChI is InChI=1S/C30H25FN8O8S/c1-36-22-9-15(2-5-20(22)39(30(36)45)21-6-7-24(41)34-29(21)44)17-11-32-37(12-17)13-25(42)33-18-3-4-19-16(8-18)10-23(40)28(27(19)31)38-14-26(43)35-48(38,46)47/h2-5,8-12,21,40H,6-7,13-14H2,1H3,(H,33,42)(H,35,43)(H,34,41,44). The Morgan fingerprint density at radius 3 is 2.58 bits per heavy atom. The summed E-state index contributed by atoms with van der Waals surface area (Å²) >= 11 is 0. The van der Waals surface area contributed by atoms with Crippen molar-refractivity contribution in [2.24, 2.45) is 7.05 Å². The van der Waals surface area contributed by atoms with Crippen molar-refractivity contribution in [2.75, 3.05) is 16.2 Å². The van der Waals surface area contributed by atoms with Crippen molar-refractivity contribution in [2.45, 2.75) is 25.4 Å². The number of fused-ring (bicyclic) bond motifs is 2. The van der Waals surface area contributed by atoms with Gasteiger partial charge in [-0.25, -0.2) is 18.2 Å². The van der Waals surface area contributed by atoms with Crippen LogP contribution in [-0.2, 0) is 43.0 Å². The highest BCUT2D eigenvalue weighted by Gasteiger charge is 2.38. The molecule has 4 heterocycles. The molecule has 16 nitrogen and oxygen atoms in total. The molecule has 246 valence electrons. The number of phenolic OH excluding ortho intramolecular Hbond substituents is 1. The van der Waals surface area contributed by atoms with Crippen LogP contribution in [0.3, 0.4) is 0 Å². The van der Waals surface area contributed by atoms with Crippen LogP contribution in [0.25, 0.3) is 32.9 Å². The Hall–Kier alpha value is -6.04. The molecule has 5 aromatic rings. The van der Waals surface area contributed by atoms with Crippen molar-refractivity contribution < 1.29 is 37.1 Å². The number of aryl methyl sites for hydroxylation is 1. The van der Waals surface area contributed by atoms with Crippen molar-refractivity contribution >= 4 is 67.0 Å². The molecule has 3 aromatic carbocycles. The van der Waals surface area contributed by atoms with Crippen molar-refractivity contribution in [3.8, 4) is 16.9 Å². The summed E-state index contributed by atoms with van der Waals surface area (Å²) in [7, 11) is -2.77. The maximum atomic E-state index is 15.4. The highest BCUT2D eigenvalue weighted by molar-refractivity contribution is 7.92. The molecule has 2 aliphatic heterocycles. The minimum absolute atomic E-state index is 0.0472. The molecule has 2 fully saturated rings. The first kappa shape index (κ1) is 30.6. The van der Waals surface area contributed by atoms with E-state index < -0.39 is 63.5 Å². The van der Waals surface area contributed by atoms with Crippen LogP contribution < -0.4 is 25.4 Å². The van der Waals surface area contributed by atoms with Gasteiger partial charge >= 0.3 is 15.9 Å². The summed E-state index contributed by atoms with van der Waals surface area (Å²) in [6.07, 6.45) is 3.53. The van der Waals surface area contributed by atoms with Gasteiger partial charge in [0.05, 0.1) is 17.2 Å². The van der Waals surface area contributed by atoms with E-state index in [0.29, 0.717) is 26.5 Å². The van der Waals surface area contributed by atoms with Gasteiger partial charge in [-0.15, -0.1) is 0 Å². The Labute approximate surface area is 269 Å². The molecule has 4 amide bonds. The minimum atomic E-state index is -4.36. The number of aromatic nitrogens is 4. The number of imide groups is 1. The highest BCUT2D eigenvalue weighted by Crippen LogP contribution is 2.39. The van der Waals surface area contributed by atoms with Crippen LogP contribution in [-0.4, -0.2) is 62.6 Å². The van der Waals surface area contributed by atoms with E-state index in [-0.39, 0.29) is 41.8 Å². The van der Waals surface area contributed by atoms with Gasteiger partial charge in [0.2, 0.25) is 17.7 Å². The number of piperidine rings is 1. The second kappa shape index (κ2) is 11.0. The van der Waals surface area contributed by atoms with Crippen LogP contribution in [0.2, 0.25) is 0 Å². The van der Waals surface area contributed by atoms with Gasteiger partial charge in [-0.05, 0) is 53.8 Å². The summed E-state index contributed by atoms with van der Waals surface area (Å²) < 4.78 is 46.1. The van der Waals surface area contributed by atoms with E-state index in [1.807, 2.05) is 0 Å². The molecule has 0 saturated carbocycles. The fourth-order valence-corrected chi connectivity index (χ4v) is 7.18. The lowest BCUT2D eigenvalue weighted by molar-refractivity contribution is -0.135. The van der Waals surface area contributed by atoms with Crippen LogP contribution in [0, 0.1) is 5.82 Å². The van der Waals surface area contributed by atoms with Gasteiger partial charge in [0.25, 0.3) is 5.91 Å². The molecule has 48 heavy (non-hydrogen) atoms. The molecule has 0 radical (unpaired) electrons. The Balaban J connectivity index is 1.08. The van der Waals surface area contributed by atoms with Crippen molar-refractivity contribution in [1.29, 1.82) is 0 Å². The van der Waals surface area contributed by atoms with Gasteiger partial charge in [-0.3, -0.25) is 38.3 Å². The second-order valence-corrected chi connectivity index (χ2v) is 13.0. The number of rotatable bonds is 6. The largest absolute Gasteiger partial charge is 0.506 e. The van der Waals surface area contributed by atoms with Crippen LogP contribution in [0.1, 0.15) is 18.9 Å². The van der Waals surface area contributed by atoms with Gasteiger partial charge < -0.3 is 10.4 Å². The van der Waals surface area contributed by atoms with E-state index in [2.05, 4.69) is 15.7 Å². The van der Waals surface area contributed by atoms with E-state index in [0.717, 1.165) is 6.07 Å². The van der Waals surface area contributed by atoms with Gasteiger partial charge in [0.15, 0.2) is 5.82 Å². The maximum Gasteiger partial charge on any atom is 0.329 e. The Bertz CT molecular complexity index is 2410. The topological polar surface area (TPSA) is 207 Å². The van der Waals surface area contributed by atoms with E-state index in [1.54, 1.807) is 42.4 Å². The van der Waals surface area contributed by atoms with Crippen molar-refractivity contribution in [1.82, 2.24) is 29.0 Å². The third-order valence-electron chi connectivity index (χ3n) is 8.27. The zero-order valence-corrected chi connectivity index (χ0v) is 25.7. The maximum absolute atomic E-state index is 15.4. The summed E-state index contributed by atoms with van der Waals surface area (Å²) in [5.41, 5.74) is 1.64. The summed E-state index contributed by atoms with van der Waals surface area (Å²) in [6, 6.07) is 9.67. The summed E-state index contributed by atoms with van der Waals surface area (Å²) in [5.74, 6) is -4.02. The summed E-state index contributed by atoms with van der Waals surface area (Å²) in [4.78, 5) is 61.6. The number of nitrogens with one attached hydrogen (secondary N) is 3. The van der Waals surface area contributed by atoms with Gasteiger partial charge in [-0.1, -0.05) is 6.07 Å². The second-order valence-electron chi connectivity index (χ2n) is 11.4. The van der Waals surface area contributed by atoms with E-state index in [4.69, 9.17) is 0 Å². The van der Waals surface area contributed by atoms with Crippen LogP contribution >= 0.6 is 0 Å². The van der Waals surface area contributed by atoms with Crippen LogP contribution in [0.5, 0.6) is 5.75 Å². The third-order valence-corrected chi connectivity index (χ3v) is 9.64. The minimum Gasteiger partial charge on any atom is -0.506 e. The predicted molar refractivity (Wildman–Crippen MR) is 168 cm³/mol. The van der Waals surface area contributed by atoms with Crippen molar-refractivity contribution in [3.63, 3.8) is 0 Å². The number of hydrogen-bond acceptors (Lipinski definition) is 9. The molecule has 4 N–H and O–H groups in total. The number of phenols is 1. The highest BCUT2D eigenvalue weighted by atomic mass is 32.2. The number of amides is 4. The molecule has 2 aromatic heterocycles. The first-order chi connectivity index (χ1) is 22.8. The van der Waals surface area contributed by atoms with Gasteiger partial charge in [0, 0.05) is 36.3 Å². The number of imidazole rings is 1. The molecule has 0 bridgehead atoms.